The first-order valence-corrected chi connectivity index (χ1v) is 7.29. The van der Waals surface area contributed by atoms with Crippen molar-refractivity contribution in [2.45, 2.75) is 38.6 Å². The van der Waals surface area contributed by atoms with Gasteiger partial charge in [-0.1, -0.05) is 6.92 Å². The zero-order chi connectivity index (χ0) is 10.6. The molecule has 84 valence electrons. The van der Waals surface area contributed by atoms with Gasteiger partial charge in [0.25, 0.3) is 0 Å². The molecule has 1 aliphatic heterocycles. The van der Waals surface area contributed by atoms with Crippen LogP contribution in [0.5, 0.6) is 0 Å². The van der Waals surface area contributed by atoms with Crippen LogP contribution < -0.4 is 5.32 Å². The number of hydrogen-bond acceptors (Lipinski definition) is 3. The Bertz CT molecular complexity index is 257. The number of sulfone groups is 1. The van der Waals surface area contributed by atoms with Gasteiger partial charge in [0, 0.05) is 6.04 Å². The molecule has 0 bridgehead atoms. The lowest BCUT2D eigenvalue weighted by molar-refractivity contribution is 0.336. The van der Waals surface area contributed by atoms with Gasteiger partial charge in [-0.2, -0.15) is 0 Å². The van der Waals surface area contributed by atoms with Crippen LogP contribution in [0.4, 0.5) is 0 Å². The van der Waals surface area contributed by atoms with Gasteiger partial charge >= 0.3 is 0 Å². The molecular weight excluding hydrogens is 198 g/mol. The first-order valence-electron chi connectivity index (χ1n) is 5.46. The Hall–Kier alpha value is -0.0900. The van der Waals surface area contributed by atoms with Gasteiger partial charge in [0.2, 0.25) is 0 Å². The molecule has 14 heavy (non-hydrogen) atoms. The summed E-state index contributed by atoms with van der Waals surface area (Å²) in [5, 5.41) is 3.28. The summed E-state index contributed by atoms with van der Waals surface area (Å²) in [4.78, 5) is 0. The van der Waals surface area contributed by atoms with Crippen molar-refractivity contribution in [2.24, 2.45) is 5.92 Å². The van der Waals surface area contributed by atoms with Gasteiger partial charge < -0.3 is 5.32 Å². The predicted octanol–water partition coefficient (Wildman–Crippen LogP) is 1.20. The molecule has 1 rings (SSSR count). The third kappa shape index (κ3) is 3.24. The summed E-state index contributed by atoms with van der Waals surface area (Å²) in [7, 11) is -0.764. The van der Waals surface area contributed by atoms with Crippen molar-refractivity contribution in [3.05, 3.63) is 0 Å². The molecule has 0 radical (unpaired) electrons. The summed E-state index contributed by atoms with van der Waals surface area (Å²) in [6.45, 7) is 2.15. The lowest BCUT2D eigenvalue weighted by Crippen LogP contribution is -2.33. The molecule has 4 heteroatoms. The number of hydrogen-bond donors (Lipinski definition) is 1. The van der Waals surface area contributed by atoms with Crippen molar-refractivity contribution in [3.8, 4) is 0 Å². The second-order valence-electron chi connectivity index (χ2n) is 4.15. The minimum absolute atomic E-state index is 0.385. The van der Waals surface area contributed by atoms with Gasteiger partial charge in [-0.25, -0.2) is 8.42 Å². The molecule has 1 N–H and O–H groups in total. The minimum Gasteiger partial charge on any atom is -0.317 e. The van der Waals surface area contributed by atoms with E-state index in [1.807, 2.05) is 7.05 Å². The molecule has 0 aromatic rings. The van der Waals surface area contributed by atoms with Crippen LogP contribution in [0.2, 0.25) is 0 Å². The summed E-state index contributed by atoms with van der Waals surface area (Å²) in [6.07, 6.45) is 3.81. The maximum Gasteiger partial charge on any atom is 0.150 e. The smallest absolute Gasteiger partial charge is 0.150 e. The molecule has 0 aromatic heterocycles. The van der Waals surface area contributed by atoms with E-state index in [1.54, 1.807) is 0 Å². The Morgan fingerprint density at radius 3 is 2.64 bits per heavy atom. The second-order valence-corrected chi connectivity index (χ2v) is 6.45. The second kappa shape index (κ2) is 5.12. The lowest BCUT2D eigenvalue weighted by atomic mass is 9.91. The fourth-order valence-electron chi connectivity index (χ4n) is 2.32. The minimum atomic E-state index is -2.73. The third-order valence-electron chi connectivity index (χ3n) is 3.21. The van der Waals surface area contributed by atoms with E-state index in [2.05, 4.69) is 12.2 Å². The van der Waals surface area contributed by atoms with E-state index in [0.29, 0.717) is 23.5 Å². The average Bonchev–Trinajstić information content (AvgIpc) is 2.30. The fourth-order valence-corrected chi connectivity index (χ4v) is 3.79. The number of nitrogens with one attached hydrogen (secondary N) is 1. The van der Waals surface area contributed by atoms with E-state index >= 15 is 0 Å². The van der Waals surface area contributed by atoms with Gasteiger partial charge in [-0.3, -0.25) is 0 Å². The van der Waals surface area contributed by atoms with E-state index in [0.717, 1.165) is 25.7 Å². The van der Waals surface area contributed by atoms with Gasteiger partial charge in [0.15, 0.2) is 0 Å². The predicted molar refractivity (Wildman–Crippen MR) is 59.1 cm³/mol. The van der Waals surface area contributed by atoms with E-state index in [4.69, 9.17) is 0 Å². The van der Waals surface area contributed by atoms with Crippen LogP contribution in [0.3, 0.4) is 0 Å². The van der Waals surface area contributed by atoms with Crippen LogP contribution in [0.15, 0.2) is 0 Å². The Morgan fingerprint density at radius 1 is 1.36 bits per heavy atom. The van der Waals surface area contributed by atoms with Gasteiger partial charge in [0.1, 0.15) is 9.84 Å². The van der Waals surface area contributed by atoms with Crippen LogP contribution in [0.25, 0.3) is 0 Å². The first-order chi connectivity index (χ1) is 6.59. The zero-order valence-electron chi connectivity index (χ0n) is 9.12. The maximum absolute atomic E-state index is 11.4. The van der Waals surface area contributed by atoms with Crippen molar-refractivity contribution in [1.29, 1.82) is 0 Å². The lowest BCUT2D eigenvalue weighted by Gasteiger charge is -2.23. The molecule has 0 spiro atoms. The molecule has 2 unspecified atom stereocenters. The van der Waals surface area contributed by atoms with Gasteiger partial charge in [-0.15, -0.1) is 0 Å². The van der Waals surface area contributed by atoms with E-state index in [1.165, 1.54) is 0 Å². The largest absolute Gasteiger partial charge is 0.317 e. The fraction of sp³-hybridized carbons (Fsp3) is 1.00. The Labute approximate surface area is 87.2 Å². The summed E-state index contributed by atoms with van der Waals surface area (Å²) in [6, 6.07) is 0.489. The third-order valence-corrected chi connectivity index (χ3v) is 4.98. The molecule has 0 aliphatic carbocycles. The SMILES string of the molecule is CCC(NC)C1CCCS(=O)(=O)CC1. The average molecular weight is 219 g/mol. The normalized spacial score (nSPS) is 29.4. The van der Waals surface area contributed by atoms with Crippen LogP contribution in [0, 0.1) is 5.92 Å². The number of rotatable bonds is 3. The topological polar surface area (TPSA) is 46.2 Å². The molecule has 3 nitrogen and oxygen atoms in total. The quantitative estimate of drug-likeness (QED) is 0.776. The van der Waals surface area contributed by atoms with Gasteiger partial charge in [0.05, 0.1) is 11.5 Å². The summed E-state index contributed by atoms with van der Waals surface area (Å²) < 4.78 is 22.8. The highest BCUT2D eigenvalue weighted by Crippen LogP contribution is 2.23. The molecule has 1 aliphatic rings. The van der Waals surface area contributed by atoms with Crippen LogP contribution in [-0.2, 0) is 9.84 Å². The molecule has 0 saturated carbocycles. The van der Waals surface area contributed by atoms with Crippen molar-refractivity contribution >= 4 is 9.84 Å². The zero-order valence-corrected chi connectivity index (χ0v) is 9.94. The first kappa shape index (κ1) is 12.0. The Balaban J connectivity index is 2.57. The molecule has 1 saturated heterocycles. The standard InChI is InChI=1S/C10H21NO2S/c1-3-10(11-2)9-5-4-7-14(12,13)8-6-9/h9-11H,3-8H2,1-2H3. The van der Waals surface area contributed by atoms with Gasteiger partial charge in [-0.05, 0) is 38.6 Å². The van der Waals surface area contributed by atoms with Crippen molar-refractivity contribution in [2.75, 3.05) is 18.6 Å². The summed E-state index contributed by atoms with van der Waals surface area (Å²) in [5.41, 5.74) is 0. The summed E-state index contributed by atoms with van der Waals surface area (Å²) >= 11 is 0. The Kier molecular flexibility index (Phi) is 4.38. The van der Waals surface area contributed by atoms with E-state index in [9.17, 15) is 8.42 Å². The van der Waals surface area contributed by atoms with Crippen molar-refractivity contribution in [3.63, 3.8) is 0 Å². The van der Waals surface area contributed by atoms with Crippen LogP contribution in [-0.4, -0.2) is 33.0 Å². The van der Waals surface area contributed by atoms with Crippen LogP contribution in [0.1, 0.15) is 32.6 Å². The molecule has 1 fully saturated rings. The highest BCUT2D eigenvalue weighted by molar-refractivity contribution is 7.91. The Morgan fingerprint density at radius 2 is 2.07 bits per heavy atom. The summed E-state index contributed by atoms with van der Waals surface area (Å²) in [5.74, 6) is 1.32. The molecule has 1 heterocycles. The van der Waals surface area contributed by atoms with Crippen molar-refractivity contribution in [1.82, 2.24) is 5.32 Å². The van der Waals surface area contributed by atoms with Crippen LogP contribution >= 0.6 is 0 Å². The monoisotopic (exact) mass is 219 g/mol. The van der Waals surface area contributed by atoms with Crippen molar-refractivity contribution < 1.29 is 8.42 Å². The molecular formula is C10H21NO2S. The maximum atomic E-state index is 11.4. The molecule has 0 aromatic carbocycles. The van der Waals surface area contributed by atoms with E-state index < -0.39 is 9.84 Å². The highest BCUT2D eigenvalue weighted by Gasteiger charge is 2.25. The molecule has 0 amide bonds. The molecule has 2 atom stereocenters. The van der Waals surface area contributed by atoms with E-state index in [-0.39, 0.29) is 0 Å². The highest BCUT2D eigenvalue weighted by atomic mass is 32.2.